The number of amides is 1. The first kappa shape index (κ1) is 20.1. The molecule has 0 spiro atoms. The number of likely N-dealkylation sites (tertiary alicyclic amines) is 2. The SMILES string of the molecule is CC(=O)N1CCCCC[C@@H]2[C@@H]1CCN2Cc1c(C)nn(-c2ccccc2C)c1C. The summed E-state index contributed by atoms with van der Waals surface area (Å²) >= 11 is 0. The van der Waals surface area contributed by atoms with Crippen LogP contribution < -0.4 is 0 Å². The lowest BCUT2D eigenvalue weighted by Gasteiger charge is -2.37. The van der Waals surface area contributed by atoms with Crippen molar-refractivity contribution in [2.45, 2.75) is 78.4 Å². The first-order valence-electron chi connectivity index (χ1n) is 11.1. The van der Waals surface area contributed by atoms with Gasteiger partial charge in [0.15, 0.2) is 0 Å². The number of carbonyl (C=O) groups excluding carboxylic acids is 1. The topological polar surface area (TPSA) is 41.4 Å². The summed E-state index contributed by atoms with van der Waals surface area (Å²) in [5.74, 6) is 0.239. The maximum absolute atomic E-state index is 12.3. The highest BCUT2D eigenvalue weighted by Gasteiger charge is 2.39. The molecule has 0 saturated carbocycles. The molecule has 0 unspecified atom stereocenters. The molecule has 2 aliphatic rings. The summed E-state index contributed by atoms with van der Waals surface area (Å²) in [5.41, 5.74) is 6.08. The van der Waals surface area contributed by atoms with Gasteiger partial charge in [0, 0.05) is 49.9 Å². The van der Waals surface area contributed by atoms with E-state index in [1.807, 2.05) is 0 Å². The average molecular weight is 395 g/mol. The van der Waals surface area contributed by atoms with Crippen LogP contribution in [0.2, 0.25) is 0 Å². The standard InChI is InChI=1S/C24H34N4O/c1-17-10-7-8-11-22(17)28-19(3)21(18(2)25-28)16-26-15-13-24-23(26)12-6-5-9-14-27(24)20(4)29/h7-8,10-11,23-24H,5-6,9,12-16H2,1-4H3/t23-,24+/m1/s1. The van der Waals surface area contributed by atoms with E-state index in [1.165, 1.54) is 36.1 Å². The van der Waals surface area contributed by atoms with Crippen LogP contribution in [0, 0.1) is 20.8 Å². The number of fused-ring (bicyclic) bond motifs is 1. The van der Waals surface area contributed by atoms with Gasteiger partial charge in [0.25, 0.3) is 0 Å². The van der Waals surface area contributed by atoms with Gasteiger partial charge in [-0.3, -0.25) is 9.69 Å². The smallest absolute Gasteiger partial charge is 0.219 e. The second-order valence-electron chi connectivity index (χ2n) is 8.80. The lowest BCUT2D eigenvalue weighted by molar-refractivity contribution is -0.132. The van der Waals surface area contributed by atoms with Crippen molar-refractivity contribution in [2.24, 2.45) is 0 Å². The van der Waals surface area contributed by atoms with Gasteiger partial charge in [0.2, 0.25) is 5.91 Å². The molecule has 2 saturated heterocycles. The van der Waals surface area contributed by atoms with Gasteiger partial charge in [-0.05, 0) is 51.7 Å². The summed E-state index contributed by atoms with van der Waals surface area (Å²) in [4.78, 5) is 17.0. The van der Waals surface area contributed by atoms with Gasteiger partial charge in [-0.2, -0.15) is 5.10 Å². The zero-order valence-electron chi connectivity index (χ0n) is 18.3. The Hall–Kier alpha value is -2.14. The van der Waals surface area contributed by atoms with Gasteiger partial charge < -0.3 is 4.90 Å². The van der Waals surface area contributed by atoms with Crippen molar-refractivity contribution in [3.05, 3.63) is 46.8 Å². The molecule has 2 atom stereocenters. The van der Waals surface area contributed by atoms with Crippen molar-refractivity contribution in [3.63, 3.8) is 0 Å². The molecule has 5 heteroatoms. The molecule has 156 valence electrons. The van der Waals surface area contributed by atoms with Gasteiger partial charge in [-0.1, -0.05) is 31.0 Å². The molecule has 0 radical (unpaired) electrons. The van der Waals surface area contributed by atoms with Crippen molar-refractivity contribution in [2.75, 3.05) is 13.1 Å². The molecule has 0 N–H and O–H groups in total. The second-order valence-corrected chi connectivity index (χ2v) is 8.80. The maximum Gasteiger partial charge on any atom is 0.219 e. The van der Waals surface area contributed by atoms with E-state index < -0.39 is 0 Å². The number of aryl methyl sites for hydroxylation is 2. The zero-order chi connectivity index (χ0) is 20.5. The number of hydrogen-bond acceptors (Lipinski definition) is 3. The molecule has 0 bridgehead atoms. The van der Waals surface area contributed by atoms with Gasteiger partial charge in [-0.15, -0.1) is 0 Å². The molecule has 2 aromatic rings. The fourth-order valence-corrected chi connectivity index (χ4v) is 5.35. The molecule has 0 aliphatic carbocycles. The monoisotopic (exact) mass is 394 g/mol. The third-order valence-corrected chi connectivity index (χ3v) is 6.97. The molecular weight excluding hydrogens is 360 g/mol. The van der Waals surface area contributed by atoms with Crippen molar-refractivity contribution in [1.82, 2.24) is 19.6 Å². The fourth-order valence-electron chi connectivity index (χ4n) is 5.35. The van der Waals surface area contributed by atoms with Crippen molar-refractivity contribution >= 4 is 5.91 Å². The molecular formula is C24H34N4O. The van der Waals surface area contributed by atoms with Crippen molar-refractivity contribution in [1.29, 1.82) is 0 Å². The Kier molecular flexibility index (Phi) is 5.77. The van der Waals surface area contributed by atoms with Gasteiger partial charge in [0.05, 0.1) is 11.4 Å². The van der Waals surface area contributed by atoms with E-state index in [1.54, 1.807) is 6.92 Å². The molecule has 2 fully saturated rings. The summed E-state index contributed by atoms with van der Waals surface area (Å²) < 4.78 is 2.10. The first-order valence-corrected chi connectivity index (χ1v) is 11.1. The number of para-hydroxylation sites is 1. The van der Waals surface area contributed by atoms with Crippen LogP contribution in [0.25, 0.3) is 5.69 Å². The van der Waals surface area contributed by atoms with E-state index in [4.69, 9.17) is 5.10 Å². The molecule has 4 rings (SSSR count). The van der Waals surface area contributed by atoms with E-state index >= 15 is 0 Å². The van der Waals surface area contributed by atoms with Crippen LogP contribution in [0.1, 0.15) is 61.5 Å². The fraction of sp³-hybridized carbons (Fsp3) is 0.583. The van der Waals surface area contributed by atoms with Crippen LogP contribution in [-0.2, 0) is 11.3 Å². The van der Waals surface area contributed by atoms with E-state index in [9.17, 15) is 4.79 Å². The highest BCUT2D eigenvalue weighted by Crippen LogP contribution is 2.32. The highest BCUT2D eigenvalue weighted by molar-refractivity contribution is 5.73. The third-order valence-electron chi connectivity index (χ3n) is 6.97. The summed E-state index contributed by atoms with van der Waals surface area (Å²) in [6, 6.07) is 9.28. The minimum Gasteiger partial charge on any atom is -0.338 e. The Morgan fingerprint density at radius 1 is 1.03 bits per heavy atom. The molecule has 1 aromatic carbocycles. The third kappa shape index (κ3) is 3.85. The molecule has 5 nitrogen and oxygen atoms in total. The molecule has 2 aliphatic heterocycles. The number of hydrogen-bond donors (Lipinski definition) is 0. The summed E-state index contributed by atoms with van der Waals surface area (Å²) in [7, 11) is 0. The molecule has 3 heterocycles. The second kappa shape index (κ2) is 8.31. The van der Waals surface area contributed by atoms with Crippen LogP contribution in [0.15, 0.2) is 24.3 Å². The summed E-state index contributed by atoms with van der Waals surface area (Å²) in [5, 5.41) is 4.89. The number of nitrogens with zero attached hydrogens (tertiary/aromatic N) is 4. The lowest BCUT2D eigenvalue weighted by Crippen LogP contribution is -2.48. The zero-order valence-corrected chi connectivity index (χ0v) is 18.3. The van der Waals surface area contributed by atoms with Crippen LogP contribution in [0.3, 0.4) is 0 Å². The Balaban J connectivity index is 1.60. The van der Waals surface area contributed by atoms with Crippen LogP contribution >= 0.6 is 0 Å². The number of rotatable bonds is 3. The van der Waals surface area contributed by atoms with E-state index in [-0.39, 0.29) is 5.91 Å². The minimum absolute atomic E-state index is 0.239. The lowest BCUT2D eigenvalue weighted by atomic mass is 9.97. The Morgan fingerprint density at radius 2 is 1.83 bits per heavy atom. The number of carbonyl (C=O) groups is 1. The number of aromatic nitrogens is 2. The Bertz CT molecular complexity index is 887. The van der Waals surface area contributed by atoms with Crippen molar-refractivity contribution in [3.8, 4) is 5.69 Å². The minimum atomic E-state index is 0.239. The van der Waals surface area contributed by atoms with Gasteiger partial charge >= 0.3 is 0 Å². The van der Waals surface area contributed by atoms with E-state index in [0.29, 0.717) is 12.1 Å². The number of benzene rings is 1. The predicted octanol–water partition coefficient (Wildman–Crippen LogP) is 4.16. The Morgan fingerprint density at radius 3 is 2.59 bits per heavy atom. The largest absolute Gasteiger partial charge is 0.338 e. The van der Waals surface area contributed by atoms with Crippen LogP contribution in [0.4, 0.5) is 0 Å². The van der Waals surface area contributed by atoms with Gasteiger partial charge in [-0.25, -0.2) is 4.68 Å². The average Bonchev–Trinajstić information content (AvgIpc) is 3.17. The molecule has 1 amide bonds. The van der Waals surface area contributed by atoms with Crippen molar-refractivity contribution < 1.29 is 4.79 Å². The highest BCUT2D eigenvalue weighted by atomic mass is 16.2. The maximum atomic E-state index is 12.3. The van der Waals surface area contributed by atoms with E-state index in [0.717, 1.165) is 43.9 Å². The molecule has 1 aromatic heterocycles. The van der Waals surface area contributed by atoms with E-state index in [2.05, 4.69) is 59.5 Å². The van der Waals surface area contributed by atoms with Crippen LogP contribution in [-0.4, -0.2) is 50.7 Å². The predicted molar refractivity (Wildman–Crippen MR) is 116 cm³/mol. The van der Waals surface area contributed by atoms with Gasteiger partial charge in [0.1, 0.15) is 0 Å². The first-order chi connectivity index (χ1) is 14.0. The summed E-state index contributed by atoms with van der Waals surface area (Å²) in [6.45, 7) is 11.1. The Labute approximate surface area is 174 Å². The summed E-state index contributed by atoms with van der Waals surface area (Å²) in [6.07, 6.45) is 5.92. The normalized spacial score (nSPS) is 23.0. The quantitative estimate of drug-likeness (QED) is 0.785. The molecule has 29 heavy (non-hydrogen) atoms. The van der Waals surface area contributed by atoms with Crippen LogP contribution in [0.5, 0.6) is 0 Å².